The molecule has 2 aromatic carbocycles. The SMILES string of the molecule is COc1cc(CNCc2ccccc2Cl)ccc1OCC(=O)NC(C)(C)C.Cl. The highest BCUT2D eigenvalue weighted by molar-refractivity contribution is 6.31. The summed E-state index contributed by atoms with van der Waals surface area (Å²) < 4.78 is 11.0. The molecule has 0 heterocycles. The maximum Gasteiger partial charge on any atom is 0.258 e. The van der Waals surface area contributed by atoms with Gasteiger partial charge < -0.3 is 20.1 Å². The van der Waals surface area contributed by atoms with Gasteiger partial charge in [0.15, 0.2) is 18.1 Å². The molecule has 0 unspecified atom stereocenters. The highest BCUT2D eigenvalue weighted by Crippen LogP contribution is 2.28. The van der Waals surface area contributed by atoms with Gasteiger partial charge in [0.2, 0.25) is 0 Å². The van der Waals surface area contributed by atoms with Crippen molar-refractivity contribution in [2.24, 2.45) is 0 Å². The minimum atomic E-state index is -0.290. The van der Waals surface area contributed by atoms with Crippen molar-refractivity contribution in [3.8, 4) is 11.5 Å². The zero-order valence-corrected chi connectivity index (χ0v) is 18.2. The first-order valence-corrected chi connectivity index (χ1v) is 9.21. The molecule has 1 amide bonds. The fourth-order valence-electron chi connectivity index (χ4n) is 2.52. The molecule has 0 radical (unpaired) electrons. The largest absolute Gasteiger partial charge is 0.493 e. The van der Waals surface area contributed by atoms with Crippen molar-refractivity contribution in [2.45, 2.75) is 39.4 Å². The molecule has 0 fully saturated rings. The predicted octanol–water partition coefficient (Wildman–Crippen LogP) is 4.35. The number of carbonyl (C=O) groups excluding carboxylic acids is 1. The third-order valence-electron chi connectivity index (χ3n) is 3.70. The number of hydrogen-bond donors (Lipinski definition) is 2. The fourth-order valence-corrected chi connectivity index (χ4v) is 2.72. The quantitative estimate of drug-likeness (QED) is 0.658. The van der Waals surface area contributed by atoms with E-state index < -0.39 is 0 Å². The van der Waals surface area contributed by atoms with Crippen molar-refractivity contribution < 1.29 is 14.3 Å². The fraction of sp³-hybridized carbons (Fsp3) is 0.381. The molecule has 0 aliphatic carbocycles. The van der Waals surface area contributed by atoms with Crippen molar-refractivity contribution in [1.29, 1.82) is 0 Å². The molecule has 5 nitrogen and oxygen atoms in total. The second-order valence-electron chi connectivity index (χ2n) is 7.27. The highest BCUT2D eigenvalue weighted by atomic mass is 35.5. The van der Waals surface area contributed by atoms with Crippen LogP contribution in [0.1, 0.15) is 31.9 Å². The van der Waals surface area contributed by atoms with E-state index in [0.29, 0.717) is 24.6 Å². The Morgan fingerprint density at radius 1 is 1.07 bits per heavy atom. The summed E-state index contributed by atoms with van der Waals surface area (Å²) in [4.78, 5) is 11.9. The van der Waals surface area contributed by atoms with Gasteiger partial charge in [0.05, 0.1) is 7.11 Å². The Morgan fingerprint density at radius 3 is 2.43 bits per heavy atom. The molecular formula is C21H28Cl2N2O3. The second kappa shape index (κ2) is 11.1. The van der Waals surface area contributed by atoms with Crippen LogP contribution in [0.4, 0.5) is 0 Å². The first-order chi connectivity index (χ1) is 12.8. The van der Waals surface area contributed by atoms with Gasteiger partial charge in [-0.15, -0.1) is 12.4 Å². The zero-order chi connectivity index (χ0) is 19.9. The monoisotopic (exact) mass is 426 g/mol. The molecule has 28 heavy (non-hydrogen) atoms. The number of benzene rings is 2. The summed E-state index contributed by atoms with van der Waals surface area (Å²) in [6.07, 6.45) is 0. The average molecular weight is 427 g/mol. The average Bonchev–Trinajstić information content (AvgIpc) is 2.60. The number of hydrogen-bond acceptors (Lipinski definition) is 4. The number of ether oxygens (including phenoxy) is 2. The smallest absolute Gasteiger partial charge is 0.258 e. The molecule has 0 saturated heterocycles. The molecule has 7 heteroatoms. The van der Waals surface area contributed by atoms with Gasteiger partial charge in [0.1, 0.15) is 0 Å². The van der Waals surface area contributed by atoms with E-state index in [1.165, 1.54) is 0 Å². The van der Waals surface area contributed by atoms with Crippen LogP contribution in [-0.4, -0.2) is 25.2 Å². The summed E-state index contributed by atoms with van der Waals surface area (Å²) in [5.74, 6) is 0.960. The summed E-state index contributed by atoms with van der Waals surface area (Å²) in [7, 11) is 1.58. The Kier molecular flexibility index (Phi) is 9.59. The molecule has 154 valence electrons. The Hall–Kier alpha value is -1.95. The van der Waals surface area contributed by atoms with E-state index >= 15 is 0 Å². The predicted molar refractivity (Wildman–Crippen MR) is 116 cm³/mol. The van der Waals surface area contributed by atoms with Crippen molar-refractivity contribution >= 4 is 29.9 Å². The van der Waals surface area contributed by atoms with E-state index in [4.69, 9.17) is 21.1 Å². The number of methoxy groups -OCH3 is 1. The Bertz CT molecular complexity index is 776. The molecule has 0 aromatic heterocycles. The lowest BCUT2D eigenvalue weighted by atomic mass is 10.1. The molecule has 0 aliphatic rings. The lowest BCUT2D eigenvalue weighted by Gasteiger charge is -2.20. The van der Waals surface area contributed by atoms with E-state index in [1.54, 1.807) is 7.11 Å². The van der Waals surface area contributed by atoms with Crippen LogP contribution in [0.25, 0.3) is 0 Å². The summed E-state index contributed by atoms with van der Waals surface area (Å²) in [5, 5.41) is 6.97. The summed E-state index contributed by atoms with van der Waals surface area (Å²) in [5.41, 5.74) is 1.81. The zero-order valence-electron chi connectivity index (χ0n) is 16.7. The van der Waals surface area contributed by atoms with E-state index in [1.807, 2.05) is 63.2 Å². The number of halogens is 2. The second-order valence-corrected chi connectivity index (χ2v) is 7.67. The van der Waals surface area contributed by atoms with Crippen molar-refractivity contribution in [2.75, 3.05) is 13.7 Å². The topological polar surface area (TPSA) is 59.6 Å². The lowest BCUT2D eigenvalue weighted by molar-refractivity contribution is -0.124. The van der Waals surface area contributed by atoms with Crippen LogP contribution in [0.5, 0.6) is 11.5 Å². The van der Waals surface area contributed by atoms with Crippen LogP contribution in [-0.2, 0) is 17.9 Å². The van der Waals surface area contributed by atoms with Crippen molar-refractivity contribution in [1.82, 2.24) is 10.6 Å². The number of rotatable bonds is 8. The van der Waals surface area contributed by atoms with Crippen LogP contribution < -0.4 is 20.1 Å². The third-order valence-corrected chi connectivity index (χ3v) is 4.07. The normalized spacial score (nSPS) is 10.8. The molecule has 0 aliphatic heterocycles. The minimum absolute atomic E-state index is 0. The third kappa shape index (κ3) is 7.97. The van der Waals surface area contributed by atoms with E-state index in [2.05, 4.69) is 10.6 Å². The van der Waals surface area contributed by atoms with Crippen LogP contribution in [0.3, 0.4) is 0 Å². The Balaban J connectivity index is 0.00000392. The highest BCUT2D eigenvalue weighted by Gasteiger charge is 2.15. The number of carbonyl (C=O) groups is 1. The van der Waals surface area contributed by atoms with Crippen molar-refractivity contribution in [3.05, 3.63) is 58.6 Å². The van der Waals surface area contributed by atoms with E-state index in [0.717, 1.165) is 16.1 Å². The van der Waals surface area contributed by atoms with Crippen LogP contribution in [0.15, 0.2) is 42.5 Å². The first-order valence-electron chi connectivity index (χ1n) is 8.83. The maximum absolute atomic E-state index is 11.9. The molecule has 2 rings (SSSR count). The van der Waals surface area contributed by atoms with Gasteiger partial charge in [-0.3, -0.25) is 4.79 Å². The molecule has 0 spiro atoms. The van der Waals surface area contributed by atoms with E-state index in [-0.39, 0.29) is 30.5 Å². The minimum Gasteiger partial charge on any atom is -0.493 e. The molecule has 0 bridgehead atoms. The van der Waals surface area contributed by atoms with Gasteiger partial charge in [-0.2, -0.15) is 0 Å². The standard InChI is InChI=1S/C21H27ClN2O3.ClH/c1-21(2,3)24-20(25)14-27-18-10-9-15(11-19(18)26-4)12-23-13-16-7-5-6-8-17(16)22;/h5-11,23H,12-14H2,1-4H3,(H,24,25);1H. The van der Waals surface area contributed by atoms with Gasteiger partial charge in [-0.1, -0.05) is 35.9 Å². The molecule has 2 aromatic rings. The van der Waals surface area contributed by atoms with Crippen LogP contribution >= 0.6 is 24.0 Å². The molecular weight excluding hydrogens is 399 g/mol. The molecule has 0 atom stereocenters. The summed E-state index contributed by atoms with van der Waals surface area (Å²) in [6.45, 7) is 7.05. The molecule has 0 saturated carbocycles. The summed E-state index contributed by atoms with van der Waals surface area (Å²) in [6, 6.07) is 13.4. The van der Waals surface area contributed by atoms with Crippen LogP contribution in [0.2, 0.25) is 5.02 Å². The van der Waals surface area contributed by atoms with Crippen LogP contribution in [0, 0.1) is 0 Å². The van der Waals surface area contributed by atoms with Gasteiger partial charge >= 0.3 is 0 Å². The van der Waals surface area contributed by atoms with E-state index in [9.17, 15) is 4.79 Å². The lowest BCUT2D eigenvalue weighted by Crippen LogP contribution is -2.43. The number of amides is 1. The van der Waals surface area contributed by atoms with Gasteiger partial charge in [0.25, 0.3) is 5.91 Å². The molecule has 2 N–H and O–H groups in total. The van der Waals surface area contributed by atoms with Gasteiger partial charge in [-0.05, 0) is 50.1 Å². The Morgan fingerprint density at radius 2 is 1.79 bits per heavy atom. The van der Waals surface area contributed by atoms with Gasteiger partial charge in [0, 0.05) is 23.7 Å². The Labute approximate surface area is 178 Å². The first kappa shape index (κ1) is 24.1. The number of nitrogens with one attached hydrogen (secondary N) is 2. The summed E-state index contributed by atoms with van der Waals surface area (Å²) >= 11 is 6.17. The van der Waals surface area contributed by atoms with Gasteiger partial charge in [-0.25, -0.2) is 0 Å². The maximum atomic E-state index is 11.9. The van der Waals surface area contributed by atoms with Crippen molar-refractivity contribution in [3.63, 3.8) is 0 Å².